The van der Waals surface area contributed by atoms with Crippen LogP contribution in [-0.4, -0.2) is 19.2 Å². The van der Waals surface area contributed by atoms with Crippen LogP contribution in [0.25, 0.3) is 0 Å². The molecule has 0 fully saturated rings. The number of nitrogens with two attached hydrogens (primary N) is 1. The average molecular weight is 133 g/mol. The van der Waals surface area contributed by atoms with Crippen molar-refractivity contribution in [2.24, 2.45) is 5.90 Å². The van der Waals surface area contributed by atoms with Crippen LogP contribution >= 0.6 is 0 Å². The highest BCUT2D eigenvalue weighted by Crippen LogP contribution is 1.81. The third-order valence-corrected chi connectivity index (χ3v) is 0.712. The molecule has 2 N–H and O–H groups in total. The molecule has 0 aliphatic rings. The fourth-order valence-electron chi connectivity index (χ4n) is 0.358. The van der Waals surface area contributed by atoms with Gasteiger partial charge in [0, 0.05) is 13.3 Å². The summed E-state index contributed by atoms with van der Waals surface area (Å²) in [4.78, 5) is 14.3. The first-order valence-corrected chi connectivity index (χ1v) is 2.72. The molecule has 0 aromatic heterocycles. The van der Waals surface area contributed by atoms with Crippen LogP contribution in [-0.2, 0) is 14.4 Å². The Morgan fingerprint density at radius 3 is 2.67 bits per heavy atom. The number of carbonyl (C=O) groups excluding carboxylic acids is 1. The highest BCUT2D eigenvalue weighted by Gasteiger charge is 1.90. The zero-order valence-electron chi connectivity index (χ0n) is 5.42. The summed E-state index contributed by atoms with van der Waals surface area (Å²) in [5, 5.41) is 0. The summed E-state index contributed by atoms with van der Waals surface area (Å²) in [5.41, 5.74) is 0. The van der Waals surface area contributed by atoms with Crippen molar-refractivity contribution in [3.8, 4) is 0 Å². The second-order valence-electron chi connectivity index (χ2n) is 1.56. The van der Waals surface area contributed by atoms with E-state index in [1.165, 1.54) is 6.92 Å². The maximum atomic E-state index is 10.1. The van der Waals surface area contributed by atoms with E-state index in [2.05, 4.69) is 9.57 Å². The van der Waals surface area contributed by atoms with Crippen LogP contribution in [0.4, 0.5) is 0 Å². The summed E-state index contributed by atoms with van der Waals surface area (Å²) in [6.45, 7) is 2.17. The zero-order valence-corrected chi connectivity index (χ0v) is 5.42. The minimum Gasteiger partial charge on any atom is -0.466 e. The lowest BCUT2D eigenvalue weighted by Gasteiger charge is -1.98. The maximum Gasteiger partial charge on any atom is 0.302 e. The first-order valence-electron chi connectivity index (χ1n) is 2.72. The first-order chi connectivity index (χ1) is 4.27. The second-order valence-corrected chi connectivity index (χ2v) is 1.56. The molecule has 0 saturated carbocycles. The standard InChI is InChI=1S/C5H11NO3/c1-5(7)8-3-2-4-9-6/h2-4,6H2,1H3. The van der Waals surface area contributed by atoms with Gasteiger partial charge >= 0.3 is 5.97 Å². The highest BCUT2D eigenvalue weighted by molar-refractivity contribution is 5.65. The molecule has 0 bridgehead atoms. The number of carbonyl (C=O) groups is 1. The molecule has 0 spiro atoms. The quantitative estimate of drug-likeness (QED) is 0.328. The number of rotatable bonds is 4. The first kappa shape index (κ1) is 8.39. The van der Waals surface area contributed by atoms with Crippen LogP contribution in [0.1, 0.15) is 13.3 Å². The van der Waals surface area contributed by atoms with Gasteiger partial charge in [-0.3, -0.25) is 4.79 Å². The number of hydrogen-bond donors (Lipinski definition) is 1. The predicted octanol–water partition coefficient (Wildman–Crippen LogP) is -0.170. The van der Waals surface area contributed by atoms with Gasteiger partial charge in [0.1, 0.15) is 0 Å². The van der Waals surface area contributed by atoms with Crippen molar-refractivity contribution in [3.05, 3.63) is 0 Å². The van der Waals surface area contributed by atoms with Crippen molar-refractivity contribution in [1.29, 1.82) is 0 Å². The fourth-order valence-corrected chi connectivity index (χ4v) is 0.358. The molecule has 0 heterocycles. The number of hydrogen-bond acceptors (Lipinski definition) is 4. The second kappa shape index (κ2) is 5.53. The molecule has 54 valence electrons. The molecular formula is C5H11NO3. The Bertz CT molecular complexity index is 84.3. The molecule has 0 saturated heterocycles. The van der Waals surface area contributed by atoms with Crippen LogP contribution in [0.5, 0.6) is 0 Å². The van der Waals surface area contributed by atoms with Crippen molar-refractivity contribution in [2.45, 2.75) is 13.3 Å². The van der Waals surface area contributed by atoms with E-state index in [1.807, 2.05) is 0 Å². The van der Waals surface area contributed by atoms with E-state index in [0.717, 1.165) is 0 Å². The summed E-state index contributed by atoms with van der Waals surface area (Å²) in [7, 11) is 0. The Kier molecular flexibility index (Phi) is 5.15. The molecule has 0 atom stereocenters. The minimum atomic E-state index is -0.271. The molecule has 0 amide bonds. The summed E-state index contributed by atoms with van der Waals surface area (Å²) < 4.78 is 4.57. The Balaban J connectivity index is 2.83. The molecule has 4 nitrogen and oxygen atoms in total. The molecule has 0 aliphatic carbocycles. The topological polar surface area (TPSA) is 61.5 Å². The molecule has 0 aliphatic heterocycles. The molecule has 0 radical (unpaired) electrons. The summed E-state index contributed by atoms with van der Waals surface area (Å²) in [6, 6.07) is 0. The summed E-state index contributed by atoms with van der Waals surface area (Å²) >= 11 is 0. The van der Waals surface area contributed by atoms with Crippen molar-refractivity contribution >= 4 is 5.97 Å². The van der Waals surface area contributed by atoms with Gasteiger partial charge in [-0.15, -0.1) is 0 Å². The monoisotopic (exact) mass is 133 g/mol. The molecule has 0 aromatic carbocycles. The van der Waals surface area contributed by atoms with E-state index in [0.29, 0.717) is 19.6 Å². The van der Waals surface area contributed by atoms with E-state index in [4.69, 9.17) is 5.90 Å². The van der Waals surface area contributed by atoms with E-state index >= 15 is 0 Å². The van der Waals surface area contributed by atoms with E-state index in [-0.39, 0.29) is 5.97 Å². The van der Waals surface area contributed by atoms with Crippen LogP contribution in [0.15, 0.2) is 0 Å². The zero-order chi connectivity index (χ0) is 7.11. The van der Waals surface area contributed by atoms with E-state index < -0.39 is 0 Å². The Hall–Kier alpha value is -0.610. The van der Waals surface area contributed by atoms with Gasteiger partial charge in [-0.2, -0.15) is 0 Å². The van der Waals surface area contributed by atoms with Gasteiger partial charge in [-0.25, -0.2) is 5.90 Å². The molecule has 0 aromatic rings. The van der Waals surface area contributed by atoms with Crippen molar-refractivity contribution in [2.75, 3.05) is 13.2 Å². The highest BCUT2D eigenvalue weighted by atomic mass is 16.6. The maximum absolute atomic E-state index is 10.1. The van der Waals surface area contributed by atoms with Crippen molar-refractivity contribution in [1.82, 2.24) is 0 Å². The molecule has 0 rings (SSSR count). The summed E-state index contributed by atoms with van der Waals surface area (Å²) in [6.07, 6.45) is 0.649. The predicted molar refractivity (Wildman–Crippen MR) is 31.4 cm³/mol. The number of esters is 1. The third kappa shape index (κ3) is 7.39. The lowest BCUT2D eigenvalue weighted by molar-refractivity contribution is -0.141. The van der Waals surface area contributed by atoms with Crippen molar-refractivity contribution in [3.63, 3.8) is 0 Å². The normalized spacial score (nSPS) is 9.11. The van der Waals surface area contributed by atoms with Gasteiger partial charge in [-0.1, -0.05) is 0 Å². The Morgan fingerprint density at radius 1 is 1.56 bits per heavy atom. The third-order valence-electron chi connectivity index (χ3n) is 0.712. The molecule has 9 heavy (non-hydrogen) atoms. The lowest BCUT2D eigenvalue weighted by Crippen LogP contribution is -2.06. The van der Waals surface area contributed by atoms with Crippen LogP contribution < -0.4 is 5.90 Å². The van der Waals surface area contributed by atoms with Gasteiger partial charge in [0.25, 0.3) is 0 Å². The lowest BCUT2D eigenvalue weighted by atomic mass is 10.5. The largest absolute Gasteiger partial charge is 0.466 e. The van der Waals surface area contributed by atoms with Gasteiger partial charge in [0.15, 0.2) is 0 Å². The average Bonchev–Trinajstić information content (AvgIpc) is 1.80. The smallest absolute Gasteiger partial charge is 0.302 e. The van der Waals surface area contributed by atoms with Gasteiger partial charge < -0.3 is 9.57 Å². The Labute approximate surface area is 53.9 Å². The van der Waals surface area contributed by atoms with E-state index in [9.17, 15) is 4.79 Å². The van der Waals surface area contributed by atoms with Gasteiger partial charge in [-0.05, 0) is 0 Å². The molecule has 0 unspecified atom stereocenters. The van der Waals surface area contributed by atoms with Gasteiger partial charge in [0.05, 0.1) is 13.2 Å². The molecular weight excluding hydrogens is 122 g/mol. The van der Waals surface area contributed by atoms with Crippen LogP contribution in [0, 0.1) is 0 Å². The minimum absolute atomic E-state index is 0.271. The number of ether oxygens (including phenoxy) is 1. The van der Waals surface area contributed by atoms with Gasteiger partial charge in [0.2, 0.25) is 0 Å². The fraction of sp³-hybridized carbons (Fsp3) is 0.800. The van der Waals surface area contributed by atoms with Crippen LogP contribution in [0.3, 0.4) is 0 Å². The van der Waals surface area contributed by atoms with E-state index in [1.54, 1.807) is 0 Å². The van der Waals surface area contributed by atoms with Crippen molar-refractivity contribution < 1.29 is 14.4 Å². The summed E-state index contributed by atoms with van der Waals surface area (Å²) in [5.74, 6) is 4.43. The van der Waals surface area contributed by atoms with Crippen LogP contribution in [0.2, 0.25) is 0 Å². The Morgan fingerprint density at radius 2 is 2.22 bits per heavy atom. The molecule has 4 heteroatoms. The SMILES string of the molecule is CC(=O)OCCCON.